The van der Waals surface area contributed by atoms with Gasteiger partial charge in [0, 0.05) is 19.8 Å². The first-order valence-electron chi connectivity index (χ1n) is 6.37. The van der Waals surface area contributed by atoms with E-state index < -0.39 is 0 Å². The van der Waals surface area contributed by atoms with E-state index in [1.54, 1.807) is 22.6 Å². The molecule has 3 heterocycles. The molecule has 0 atom stereocenters. The van der Waals surface area contributed by atoms with E-state index in [9.17, 15) is 0 Å². The first-order chi connectivity index (χ1) is 9.76. The summed E-state index contributed by atoms with van der Waals surface area (Å²) in [5, 5.41) is 16.1. The molecule has 20 heavy (non-hydrogen) atoms. The van der Waals surface area contributed by atoms with Crippen LogP contribution < -0.4 is 5.32 Å². The highest BCUT2D eigenvalue weighted by Crippen LogP contribution is 2.31. The quantitative estimate of drug-likeness (QED) is 0.699. The molecule has 0 spiro atoms. The van der Waals surface area contributed by atoms with Crippen molar-refractivity contribution >= 4 is 28.7 Å². The van der Waals surface area contributed by atoms with Gasteiger partial charge in [0.05, 0.1) is 22.7 Å². The zero-order valence-electron chi connectivity index (χ0n) is 11.3. The van der Waals surface area contributed by atoms with Gasteiger partial charge in [-0.2, -0.15) is 15.2 Å². The number of aromatic nitrogens is 6. The number of anilines is 1. The van der Waals surface area contributed by atoms with E-state index in [0.29, 0.717) is 5.95 Å². The number of fused-ring (bicyclic) bond motifs is 1. The topological polar surface area (TPSA) is 84.3 Å². The number of nitrogens with zero attached hydrogens (tertiary/aromatic N) is 5. The fourth-order valence-corrected chi connectivity index (χ4v) is 2.68. The smallest absolute Gasteiger partial charge is 0.225 e. The van der Waals surface area contributed by atoms with Crippen LogP contribution in [0.3, 0.4) is 0 Å². The van der Waals surface area contributed by atoms with E-state index in [0.717, 1.165) is 33.9 Å². The Morgan fingerprint density at radius 2 is 2.25 bits per heavy atom. The van der Waals surface area contributed by atoms with Crippen LogP contribution in [0.5, 0.6) is 0 Å². The monoisotopic (exact) mass is 289 g/mol. The molecule has 0 saturated carbocycles. The molecular formula is C12H15N7S. The molecule has 104 valence electrons. The number of H-pyrrole nitrogens is 1. The molecule has 0 aliphatic heterocycles. The molecule has 7 nitrogen and oxygen atoms in total. The maximum atomic E-state index is 4.56. The van der Waals surface area contributed by atoms with Crippen molar-refractivity contribution in [3.05, 3.63) is 18.6 Å². The van der Waals surface area contributed by atoms with Gasteiger partial charge in [-0.05, 0) is 6.42 Å². The van der Waals surface area contributed by atoms with Gasteiger partial charge in [-0.15, -0.1) is 0 Å². The maximum absolute atomic E-state index is 4.56. The van der Waals surface area contributed by atoms with E-state index in [1.807, 2.05) is 19.4 Å². The van der Waals surface area contributed by atoms with Crippen LogP contribution in [-0.4, -0.2) is 36.5 Å². The molecule has 0 amide bonds. The first kappa shape index (κ1) is 12.9. The molecule has 3 aromatic rings. The summed E-state index contributed by atoms with van der Waals surface area (Å²) in [7, 11) is 1.89. The van der Waals surface area contributed by atoms with Crippen LogP contribution in [0.2, 0.25) is 0 Å². The summed E-state index contributed by atoms with van der Waals surface area (Å²) in [5.74, 6) is 0.620. The van der Waals surface area contributed by atoms with Gasteiger partial charge in [0.25, 0.3) is 0 Å². The van der Waals surface area contributed by atoms with Gasteiger partial charge in [0.2, 0.25) is 5.95 Å². The van der Waals surface area contributed by atoms with Crippen molar-refractivity contribution in [3.63, 3.8) is 0 Å². The van der Waals surface area contributed by atoms with E-state index in [4.69, 9.17) is 0 Å². The number of rotatable bonds is 5. The molecule has 0 unspecified atom stereocenters. The molecule has 3 aromatic heterocycles. The Kier molecular flexibility index (Phi) is 3.55. The molecule has 0 aliphatic carbocycles. The number of hydrogen-bond acceptors (Lipinski definition) is 6. The predicted octanol–water partition coefficient (Wildman–Crippen LogP) is 2.06. The predicted molar refractivity (Wildman–Crippen MR) is 77.8 cm³/mol. The molecule has 0 radical (unpaired) electrons. The highest BCUT2D eigenvalue weighted by Gasteiger charge is 2.11. The Morgan fingerprint density at radius 1 is 1.35 bits per heavy atom. The van der Waals surface area contributed by atoms with Gasteiger partial charge in [0.15, 0.2) is 5.65 Å². The minimum absolute atomic E-state index is 0.620. The zero-order chi connectivity index (χ0) is 13.9. The summed E-state index contributed by atoms with van der Waals surface area (Å²) >= 11 is 1.56. The largest absolute Gasteiger partial charge is 0.354 e. The molecule has 0 saturated heterocycles. The van der Waals surface area contributed by atoms with Crippen molar-refractivity contribution in [1.82, 2.24) is 29.9 Å². The third kappa shape index (κ3) is 2.60. The average molecular weight is 289 g/mol. The van der Waals surface area contributed by atoms with Crippen LogP contribution >= 0.6 is 11.8 Å². The molecule has 0 aliphatic rings. The Bertz CT molecular complexity index is 717. The van der Waals surface area contributed by atoms with E-state index in [1.165, 1.54) is 0 Å². The second-order valence-corrected chi connectivity index (χ2v) is 5.43. The molecule has 0 fully saturated rings. The molecule has 2 N–H and O–H groups in total. The molecule has 0 aromatic carbocycles. The first-order valence-corrected chi connectivity index (χ1v) is 7.19. The summed E-state index contributed by atoms with van der Waals surface area (Å²) < 4.78 is 1.77. The third-order valence-corrected chi connectivity index (χ3v) is 3.65. The van der Waals surface area contributed by atoms with Gasteiger partial charge in [-0.1, -0.05) is 18.7 Å². The summed E-state index contributed by atoms with van der Waals surface area (Å²) in [6, 6.07) is 0. The fourth-order valence-electron chi connectivity index (χ4n) is 1.77. The SMILES string of the molecule is CCCNc1nc(Sc2cnn(C)c2)c2cn[nH]c2n1. The fraction of sp³-hybridized carbons (Fsp3) is 0.333. The van der Waals surface area contributed by atoms with E-state index in [-0.39, 0.29) is 0 Å². The van der Waals surface area contributed by atoms with E-state index >= 15 is 0 Å². The standard InChI is InChI=1S/C12H15N7S/c1-3-4-13-12-16-10-9(6-14-18-10)11(17-12)20-8-5-15-19(2)7-8/h5-7H,3-4H2,1-2H3,(H2,13,14,16,17,18). The van der Waals surface area contributed by atoms with Gasteiger partial charge >= 0.3 is 0 Å². The van der Waals surface area contributed by atoms with Crippen molar-refractivity contribution in [2.45, 2.75) is 23.3 Å². The second kappa shape index (κ2) is 5.49. The minimum Gasteiger partial charge on any atom is -0.354 e. The normalized spacial score (nSPS) is 11.1. The lowest BCUT2D eigenvalue weighted by atomic mass is 10.4. The van der Waals surface area contributed by atoms with Crippen molar-refractivity contribution in [1.29, 1.82) is 0 Å². The van der Waals surface area contributed by atoms with Crippen molar-refractivity contribution in [2.24, 2.45) is 7.05 Å². The van der Waals surface area contributed by atoms with Crippen LogP contribution in [0, 0.1) is 0 Å². The maximum Gasteiger partial charge on any atom is 0.225 e. The minimum atomic E-state index is 0.620. The molecule has 0 bridgehead atoms. The highest BCUT2D eigenvalue weighted by molar-refractivity contribution is 7.99. The summed E-state index contributed by atoms with van der Waals surface area (Å²) in [6.07, 6.45) is 6.54. The Hall–Kier alpha value is -2.09. The van der Waals surface area contributed by atoms with Gasteiger partial charge in [-0.25, -0.2) is 4.98 Å². The average Bonchev–Trinajstić information content (AvgIpc) is 3.05. The van der Waals surface area contributed by atoms with Gasteiger partial charge < -0.3 is 5.32 Å². The number of aromatic amines is 1. The Morgan fingerprint density at radius 3 is 3.00 bits per heavy atom. The molecule has 8 heteroatoms. The zero-order valence-corrected chi connectivity index (χ0v) is 12.1. The number of aryl methyl sites for hydroxylation is 1. The van der Waals surface area contributed by atoms with Crippen molar-refractivity contribution in [3.8, 4) is 0 Å². The second-order valence-electron chi connectivity index (χ2n) is 4.36. The summed E-state index contributed by atoms with van der Waals surface area (Å²) in [6.45, 7) is 2.95. The number of nitrogens with one attached hydrogen (secondary N) is 2. The summed E-state index contributed by atoms with van der Waals surface area (Å²) in [4.78, 5) is 10.0. The third-order valence-electron chi connectivity index (χ3n) is 2.70. The van der Waals surface area contributed by atoms with Crippen molar-refractivity contribution < 1.29 is 0 Å². The Balaban J connectivity index is 1.96. The lowest BCUT2D eigenvalue weighted by Gasteiger charge is -2.05. The van der Waals surface area contributed by atoms with Crippen LogP contribution in [0.15, 0.2) is 28.5 Å². The lowest BCUT2D eigenvalue weighted by Crippen LogP contribution is -2.04. The van der Waals surface area contributed by atoms with Crippen LogP contribution in [-0.2, 0) is 7.05 Å². The van der Waals surface area contributed by atoms with Gasteiger partial charge in [-0.3, -0.25) is 9.78 Å². The van der Waals surface area contributed by atoms with Gasteiger partial charge in [0.1, 0.15) is 5.03 Å². The van der Waals surface area contributed by atoms with Crippen LogP contribution in [0.25, 0.3) is 11.0 Å². The highest BCUT2D eigenvalue weighted by atomic mass is 32.2. The Labute approximate surface area is 120 Å². The summed E-state index contributed by atoms with van der Waals surface area (Å²) in [5.41, 5.74) is 0.741. The van der Waals surface area contributed by atoms with E-state index in [2.05, 4.69) is 37.5 Å². The van der Waals surface area contributed by atoms with Crippen LogP contribution in [0.4, 0.5) is 5.95 Å². The molecular weight excluding hydrogens is 274 g/mol. The van der Waals surface area contributed by atoms with Crippen molar-refractivity contribution in [2.75, 3.05) is 11.9 Å². The van der Waals surface area contributed by atoms with Crippen LogP contribution in [0.1, 0.15) is 13.3 Å². The number of hydrogen-bond donors (Lipinski definition) is 2. The molecule has 3 rings (SSSR count). The lowest BCUT2D eigenvalue weighted by molar-refractivity contribution is 0.766.